The Morgan fingerprint density at radius 3 is 2.57 bits per heavy atom. The van der Waals surface area contributed by atoms with Crippen molar-refractivity contribution in [3.63, 3.8) is 0 Å². The lowest BCUT2D eigenvalue weighted by Crippen LogP contribution is -2.59. The van der Waals surface area contributed by atoms with E-state index in [-0.39, 0.29) is 11.9 Å². The van der Waals surface area contributed by atoms with Crippen molar-refractivity contribution in [2.45, 2.75) is 44.9 Å². The number of rotatable bonds is 2. The number of hydrogen-bond donors (Lipinski definition) is 0. The Kier molecular flexibility index (Phi) is 4.45. The number of hydrazone groups is 1. The lowest BCUT2D eigenvalue weighted by molar-refractivity contribution is -0.159. The summed E-state index contributed by atoms with van der Waals surface area (Å²) >= 11 is 0. The van der Waals surface area contributed by atoms with Crippen LogP contribution in [0.1, 0.15) is 48.9 Å². The SMILES string of the molecule is COc1cccc2c1OC1(CCN(C(C)=O)CC1)N1N=C(c3ccc(C)cc3)C[C@H]21. The lowest BCUT2D eigenvalue weighted by atomic mass is 9.90. The molecule has 0 saturated carbocycles. The zero-order valence-electron chi connectivity index (χ0n) is 17.7. The van der Waals surface area contributed by atoms with Crippen molar-refractivity contribution in [3.8, 4) is 11.5 Å². The van der Waals surface area contributed by atoms with Crippen molar-refractivity contribution in [1.29, 1.82) is 0 Å². The molecule has 3 aliphatic rings. The fourth-order valence-corrected chi connectivity index (χ4v) is 4.85. The molecule has 0 unspecified atom stereocenters. The van der Waals surface area contributed by atoms with Gasteiger partial charge in [0, 0.05) is 44.8 Å². The summed E-state index contributed by atoms with van der Waals surface area (Å²) in [5.41, 5.74) is 4.01. The summed E-state index contributed by atoms with van der Waals surface area (Å²) in [7, 11) is 1.68. The van der Waals surface area contributed by atoms with E-state index in [0.29, 0.717) is 25.9 Å². The lowest BCUT2D eigenvalue weighted by Gasteiger charge is -2.51. The van der Waals surface area contributed by atoms with Gasteiger partial charge in [0.25, 0.3) is 0 Å². The number of nitrogens with zero attached hydrogens (tertiary/aromatic N) is 3. The third-order valence-corrected chi connectivity index (χ3v) is 6.58. The first kappa shape index (κ1) is 19.0. The standard InChI is InChI=1S/C24H27N3O3/c1-16-7-9-18(10-8-16)20-15-21-19-5-4-6-22(29-3)23(19)30-24(27(21)25-20)11-13-26(14-12-24)17(2)28/h4-10,21H,11-15H2,1-3H3/t21-/m1/s1. The first-order valence-corrected chi connectivity index (χ1v) is 10.6. The summed E-state index contributed by atoms with van der Waals surface area (Å²) in [6.07, 6.45) is 2.25. The predicted octanol–water partition coefficient (Wildman–Crippen LogP) is 3.89. The van der Waals surface area contributed by atoms with Crippen molar-refractivity contribution in [1.82, 2.24) is 9.91 Å². The van der Waals surface area contributed by atoms with E-state index in [9.17, 15) is 4.79 Å². The second-order valence-corrected chi connectivity index (χ2v) is 8.41. The Bertz CT molecular complexity index is 1010. The third-order valence-electron chi connectivity index (χ3n) is 6.58. The maximum Gasteiger partial charge on any atom is 0.219 e. The Morgan fingerprint density at radius 2 is 1.90 bits per heavy atom. The zero-order chi connectivity index (χ0) is 20.9. The van der Waals surface area contributed by atoms with Crippen LogP contribution in [0.2, 0.25) is 0 Å². The number of aryl methyl sites for hydroxylation is 1. The van der Waals surface area contributed by atoms with Gasteiger partial charge in [-0.15, -0.1) is 0 Å². The summed E-state index contributed by atoms with van der Waals surface area (Å²) in [5, 5.41) is 7.26. The Balaban J connectivity index is 1.57. The van der Waals surface area contributed by atoms with Gasteiger partial charge in [-0.2, -0.15) is 5.10 Å². The fourth-order valence-electron chi connectivity index (χ4n) is 4.85. The van der Waals surface area contributed by atoms with Crippen LogP contribution in [0.25, 0.3) is 0 Å². The van der Waals surface area contributed by atoms with E-state index in [1.165, 1.54) is 5.56 Å². The minimum absolute atomic E-state index is 0.101. The van der Waals surface area contributed by atoms with Crippen LogP contribution in [0.4, 0.5) is 0 Å². The Morgan fingerprint density at radius 1 is 1.17 bits per heavy atom. The largest absolute Gasteiger partial charge is 0.493 e. The van der Waals surface area contributed by atoms with Gasteiger partial charge in [-0.05, 0) is 18.6 Å². The number of para-hydroxylation sites is 1. The number of likely N-dealkylation sites (tertiary alicyclic amines) is 1. The quantitative estimate of drug-likeness (QED) is 0.761. The zero-order valence-corrected chi connectivity index (χ0v) is 17.7. The van der Waals surface area contributed by atoms with Crippen LogP contribution in [0.3, 0.4) is 0 Å². The second kappa shape index (κ2) is 7.04. The first-order valence-electron chi connectivity index (χ1n) is 10.6. The first-order chi connectivity index (χ1) is 14.5. The Hall–Kier alpha value is -3.02. The minimum atomic E-state index is -0.565. The summed E-state index contributed by atoms with van der Waals surface area (Å²) < 4.78 is 12.3. The maximum atomic E-state index is 11.9. The van der Waals surface area contributed by atoms with Crippen LogP contribution in [0.5, 0.6) is 11.5 Å². The number of carbonyl (C=O) groups excluding carboxylic acids is 1. The third kappa shape index (κ3) is 2.93. The molecule has 156 valence electrons. The molecule has 1 spiro atoms. The van der Waals surface area contributed by atoms with Gasteiger partial charge in [0.1, 0.15) is 0 Å². The van der Waals surface area contributed by atoms with E-state index in [1.807, 2.05) is 17.0 Å². The van der Waals surface area contributed by atoms with E-state index in [0.717, 1.165) is 34.8 Å². The van der Waals surface area contributed by atoms with E-state index in [4.69, 9.17) is 14.6 Å². The highest BCUT2D eigenvalue weighted by atomic mass is 16.5. The molecule has 1 fully saturated rings. The number of hydrogen-bond acceptors (Lipinski definition) is 5. The van der Waals surface area contributed by atoms with Gasteiger partial charge in [0.05, 0.1) is 18.9 Å². The van der Waals surface area contributed by atoms with Crippen molar-refractivity contribution in [2.24, 2.45) is 5.10 Å². The average Bonchev–Trinajstić information content (AvgIpc) is 3.21. The van der Waals surface area contributed by atoms with E-state index in [1.54, 1.807) is 14.0 Å². The molecule has 3 heterocycles. The molecule has 6 heteroatoms. The molecule has 0 N–H and O–H groups in total. The highest BCUT2D eigenvalue weighted by Gasteiger charge is 2.52. The van der Waals surface area contributed by atoms with E-state index < -0.39 is 5.72 Å². The normalized spacial score (nSPS) is 21.6. The topological polar surface area (TPSA) is 54.4 Å². The molecule has 0 aromatic heterocycles. The van der Waals surface area contributed by atoms with Crippen LogP contribution in [0.15, 0.2) is 47.6 Å². The van der Waals surface area contributed by atoms with Crippen molar-refractivity contribution in [3.05, 3.63) is 59.2 Å². The molecule has 3 aliphatic heterocycles. The molecule has 6 nitrogen and oxygen atoms in total. The van der Waals surface area contributed by atoms with E-state index in [2.05, 4.69) is 42.3 Å². The fraction of sp³-hybridized carbons (Fsp3) is 0.417. The van der Waals surface area contributed by atoms with Gasteiger partial charge in [0.2, 0.25) is 11.6 Å². The smallest absolute Gasteiger partial charge is 0.219 e. The van der Waals surface area contributed by atoms with E-state index >= 15 is 0 Å². The number of benzene rings is 2. The number of amides is 1. The monoisotopic (exact) mass is 405 g/mol. The highest BCUT2D eigenvalue weighted by molar-refractivity contribution is 6.02. The molecule has 30 heavy (non-hydrogen) atoms. The van der Waals surface area contributed by atoms with Crippen molar-refractivity contribution >= 4 is 11.6 Å². The van der Waals surface area contributed by atoms with Crippen LogP contribution in [0, 0.1) is 6.92 Å². The molecular formula is C24H27N3O3. The summed E-state index contributed by atoms with van der Waals surface area (Å²) in [4.78, 5) is 13.8. The summed E-state index contributed by atoms with van der Waals surface area (Å²) in [6.45, 7) is 5.05. The molecule has 0 bridgehead atoms. The van der Waals surface area contributed by atoms with Gasteiger partial charge in [-0.1, -0.05) is 42.0 Å². The highest BCUT2D eigenvalue weighted by Crippen LogP contribution is 2.52. The number of fused-ring (bicyclic) bond motifs is 4. The number of carbonyl (C=O) groups is 1. The van der Waals surface area contributed by atoms with Crippen LogP contribution < -0.4 is 9.47 Å². The van der Waals surface area contributed by atoms with Crippen LogP contribution in [-0.2, 0) is 4.79 Å². The number of methoxy groups -OCH3 is 1. The Labute approximate surface area is 177 Å². The molecular weight excluding hydrogens is 378 g/mol. The molecule has 1 amide bonds. The maximum absolute atomic E-state index is 11.9. The second-order valence-electron chi connectivity index (χ2n) is 8.41. The molecule has 1 saturated heterocycles. The van der Waals surface area contributed by atoms with Crippen LogP contribution in [-0.4, -0.2) is 47.5 Å². The summed E-state index contributed by atoms with van der Waals surface area (Å²) in [6, 6.07) is 14.7. The predicted molar refractivity (Wildman–Crippen MR) is 115 cm³/mol. The molecule has 5 rings (SSSR count). The number of piperidine rings is 1. The summed E-state index contributed by atoms with van der Waals surface area (Å²) in [5.74, 6) is 1.68. The van der Waals surface area contributed by atoms with Crippen molar-refractivity contribution < 1.29 is 14.3 Å². The van der Waals surface area contributed by atoms with Gasteiger partial charge < -0.3 is 14.4 Å². The van der Waals surface area contributed by atoms with Crippen LogP contribution >= 0.6 is 0 Å². The van der Waals surface area contributed by atoms with Gasteiger partial charge >= 0.3 is 0 Å². The number of ether oxygens (including phenoxy) is 2. The molecule has 2 aromatic carbocycles. The van der Waals surface area contributed by atoms with Gasteiger partial charge in [0.15, 0.2) is 11.5 Å². The van der Waals surface area contributed by atoms with Gasteiger partial charge in [-0.3, -0.25) is 4.79 Å². The molecule has 2 aromatic rings. The van der Waals surface area contributed by atoms with Crippen molar-refractivity contribution in [2.75, 3.05) is 20.2 Å². The minimum Gasteiger partial charge on any atom is -0.493 e. The molecule has 0 aliphatic carbocycles. The molecule has 1 atom stereocenters. The molecule has 0 radical (unpaired) electrons. The van der Waals surface area contributed by atoms with Gasteiger partial charge in [-0.25, -0.2) is 5.01 Å². The average molecular weight is 405 g/mol.